The van der Waals surface area contributed by atoms with Gasteiger partial charge >= 0.3 is 5.97 Å². The van der Waals surface area contributed by atoms with Gasteiger partial charge < -0.3 is 20.5 Å². The Morgan fingerprint density at radius 3 is 2.32 bits per heavy atom. The van der Waals surface area contributed by atoms with Crippen molar-refractivity contribution in [1.29, 1.82) is 0 Å². The molecule has 0 spiro atoms. The van der Waals surface area contributed by atoms with Crippen LogP contribution in [0, 0.1) is 0 Å². The molecule has 0 aliphatic carbocycles. The van der Waals surface area contributed by atoms with E-state index in [0.717, 1.165) is 45.5 Å². The van der Waals surface area contributed by atoms with Crippen molar-refractivity contribution in [1.82, 2.24) is 10.2 Å². The van der Waals surface area contributed by atoms with Crippen LogP contribution >= 0.6 is 0 Å². The molecule has 1 unspecified atom stereocenters. The van der Waals surface area contributed by atoms with Gasteiger partial charge in [-0.1, -0.05) is 34.1 Å². The Bertz CT molecular complexity index is 254. The number of nitrogens with zero attached hydrogens (tertiary/aromatic N) is 1. The molecular weight excluding hydrogens is 318 g/mol. The summed E-state index contributed by atoms with van der Waals surface area (Å²) in [5.41, 5.74) is 5.60. The molecule has 154 valence electrons. The largest absolute Gasteiger partial charge is 0.466 e. The standard InChI is InChI=1S/C13H26N2O3.C2H7N.2C2H6/c1-2-17-13(16)6-4-3-5-7-15-8-9-18-12(10-14)11-15;1-3-2;2*1-2/h12H,2-11,14H2,1H3;3H,1-2H3;2*1-2H3. The zero-order valence-corrected chi connectivity index (χ0v) is 17.9. The molecule has 0 aromatic carbocycles. The summed E-state index contributed by atoms with van der Waals surface area (Å²) in [6.45, 7) is 14.7. The normalized spacial score (nSPS) is 16.2. The summed E-state index contributed by atoms with van der Waals surface area (Å²) in [5, 5.41) is 2.75. The monoisotopic (exact) mass is 363 g/mol. The number of nitrogens with two attached hydrogens (primary N) is 1. The zero-order chi connectivity index (χ0) is 19.9. The van der Waals surface area contributed by atoms with E-state index in [-0.39, 0.29) is 12.1 Å². The molecule has 6 heteroatoms. The van der Waals surface area contributed by atoms with Gasteiger partial charge in [-0.05, 0) is 40.4 Å². The number of unbranched alkanes of at least 4 members (excludes halogenated alkanes) is 2. The van der Waals surface area contributed by atoms with E-state index in [1.165, 1.54) is 0 Å². The fraction of sp³-hybridized carbons (Fsp3) is 0.947. The van der Waals surface area contributed by atoms with Gasteiger partial charge in [-0.3, -0.25) is 9.69 Å². The average molecular weight is 364 g/mol. The second kappa shape index (κ2) is 25.5. The van der Waals surface area contributed by atoms with E-state index >= 15 is 0 Å². The van der Waals surface area contributed by atoms with Crippen molar-refractivity contribution < 1.29 is 14.3 Å². The zero-order valence-electron chi connectivity index (χ0n) is 17.9. The predicted molar refractivity (Wildman–Crippen MR) is 108 cm³/mol. The van der Waals surface area contributed by atoms with Crippen LogP contribution in [0.3, 0.4) is 0 Å². The van der Waals surface area contributed by atoms with E-state index in [2.05, 4.69) is 10.2 Å². The number of esters is 1. The van der Waals surface area contributed by atoms with Crippen LogP contribution in [0.25, 0.3) is 0 Å². The average Bonchev–Trinajstić information content (AvgIpc) is 2.66. The van der Waals surface area contributed by atoms with Crippen LogP contribution < -0.4 is 11.1 Å². The van der Waals surface area contributed by atoms with Gasteiger partial charge in [0.2, 0.25) is 0 Å². The van der Waals surface area contributed by atoms with Crippen LogP contribution in [0.4, 0.5) is 0 Å². The minimum atomic E-state index is -0.0768. The number of rotatable bonds is 8. The van der Waals surface area contributed by atoms with Gasteiger partial charge in [-0.2, -0.15) is 0 Å². The molecule has 0 saturated carbocycles. The first-order chi connectivity index (χ1) is 12.2. The number of hydrogen-bond acceptors (Lipinski definition) is 6. The quantitative estimate of drug-likeness (QED) is 0.510. The van der Waals surface area contributed by atoms with Crippen LogP contribution in [-0.4, -0.2) is 70.5 Å². The molecule has 1 saturated heterocycles. The molecule has 1 atom stereocenters. The highest BCUT2D eigenvalue weighted by atomic mass is 16.5. The Labute approximate surface area is 156 Å². The van der Waals surface area contributed by atoms with Gasteiger partial charge in [0.1, 0.15) is 0 Å². The summed E-state index contributed by atoms with van der Waals surface area (Å²) in [5.74, 6) is -0.0768. The van der Waals surface area contributed by atoms with Gasteiger partial charge in [0, 0.05) is 26.1 Å². The van der Waals surface area contributed by atoms with Crippen molar-refractivity contribution in [3.63, 3.8) is 0 Å². The molecule has 3 N–H and O–H groups in total. The third-order valence-corrected chi connectivity index (χ3v) is 3.15. The highest BCUT2D eigenvalue weighted by Gasteiger charge is 2.18. The molecule has 1 fully saturated rings. The summed E-state index contributed by atoms with van der Waals surface area (Å²) < 4.78 is 10.4. The van der Waals surface area contributed by atoms with Crippen LogP contribution in [0.2, 0.25) is 0 Å². The number of carbonyl (C=O) groups is 1. The third kappa shape index (κ3) is 21.3. The molecule has 1 aliphatic heterocycles. The Balaban J connectivity index is -0.000000605. The lowest BCUT2D eigenvalue weighted by Gasteiger charge is -2.32. The van der Waals surface area contributed by atoms with Crippen molar-refractivity contribution in [3.05, 3.63) is 0 Å². The first kappa shape index (κ1) is 29.1. The van der Waals surface area contributed by atoms with Crippen molar-refractivity contribution in [3.8, 4) is 0 Å². The SMILES string of the molecule is CC.CC.CCOC(=O)CCCCCN1CCOC(CN)C1.CNC. The van der Waals surface area contributed by atoms with Gasteiger partial charge in [-0.15, -0.1) is 0 Å². The summed E-state index contributed by atoms with van der Waals surface area (Å²) in [4.78, 5) is 13.5. The van der Waals surface area contributed by atoms with Crippen LogP contribution in [0.5, 0.6) is 0 Å². The minimum Gasteiger partial charge on any atom is -0.466 e. The molecule has 0 radical (unpaired) electrons. The maximum atomic E-state index is 11.1. The summed E-state index contributed by atoms with van der Waals surface area (Å²) >= 11 is 0. The van der Waals surface area contributed by atoms with Gasteiger partial charge in [-0.25, -0.2) is 0 Å². The Kier molecular flexibility index (Phi) is 29.7. The lowest BCUT2D eigenvalue weighted by atomic mass is 10.1. The van der Waals surface area contributed by atoms with Crippen molar-refractivity contribution in [2.75, 3.05) is 53.5 Å². The lowest BCUT2D eigenvalue weighted by Crippen LogP contribution is -2.45. The smallest absolute Gasteiger partial charge is 0.305 e. The first-order valence-corrected chi connectivity index (χ1v) is 9.96. The summed E-state index contributed by atoms with van der Waals surface area (Å²) in [6, 6.07) is 0. The fourth-order valence-corrected chi connectivity index (χ4v) is 2.14. The second-order valence-corrected chi connectivity index (χ2v) is 5.14. The number of nitrogens with one attached hydrogen (secondary N) is 1. The van der Waals surface area contributed by atoms with Crippen molar-refractivity contribution in [2.45, 2.75) is 66.4 Å². The van der Waals surface area contributed by atoms with Crippen molar-refractivity contribution >= 4 is 5.97 Å². The molecule has 0 bridgehead atoms. The van der Waals surface area contributed by atoms with Crippen LogP contribution in [-0.2, 0) is 14.3 Å². The van der Waals surface area contributed by atoms with E-state index in [9.17, 15) is 4.79 Å². The Morgan fingerprint density at radius 2 is 1.80 bits per heavy atom. The molecular formula is C19H45N3O3. The minimum absolute atomic E-state index is 0.0768. The van der Waals surface area contributed by atoms with Crippen molar-refractivity contribution in [2.24, 2.45) is 5.73 Å². The molecule has 1 aliphatic rings. The van der Waals surface area contributed by atoms with Gasteiger partial charge in [0.15, 0.2) is 0 Å². The molecule has 1 rings (SSSR count). The Morgan fingerprint density at radius 1 is 1.20 bits per heavy atom. The van der Waals surface area contributed by atoms with E-state index in [1.54, 1.807) is 0 Å². The molecule has 0 aromatic heterocycles. The van der Waals surface area contributed by atoms with E-state index < -0.39 is 0 Å². The second-order valence-electron chi connectivity index (χ2n) is 5.14. The summed E-state index contributed by atoms with van der Waals surface area (Å²) in [7, 11) is 3.75. The highest BCUT2D eigenvalue weighted by molar-refractivity contribution is 5.69. The van der Waals surface area contributed by atoms with E-state index in [1.807, 2.05) is 48.7 Å². The highest BCUT2D eigenvalue weighted by Crippen LogP contribution is 2.07. The summed E-state index contributed by atoms with van der Waals surface area (Å²) in [6.07, 6.45) is 3.85. The molecule has 1 heterocycles. The fourth-order valence-electron chi connectivity index (χ4n) is 2.14. The molecule has 0 aromatic rings. The number of carbonyl (C=O) groups excluding carboxylic acids is 1. The van der Waals surface area contributed by atoms with Crippen LogP contribution in [0.1, 0.15) is 60.3 Å². The first-order valence-electron chi connectivity index (χ1n) is 9.96. The number of hydrogen-bond donors (Lipinski definition) is 2. The molecule has 6 nitrogen and oxygen atoms in total. The number of morpholine rings is 1. The maximum absolute atomic E-state index is 11.1. The Hall–Kier alpha value is -0.690. The van der Waals surface area contributed by atoms with E-state index in [0.29, 0.717) is 19.6 Å². The topological polar surface area (TPSA) is 76.8 Å². The van der Waals surface area contributed by atoms with Crippen LogP contribution in [0.15, 0.2) is 0 Å². The van der Waals surface area contributed by atoms with Gasteiger partial charge in [0.05, 0.1) is 19.3 Å². The molecule has 0 amide bonds. The van der Waals surface area contributed by atoms with E-state index in [4.69, 9.17) is 15.2 Å². The molecule has 25 heavy (non-hydrogen) atoms. The maximum Gasteiger partial charge on any atom is 0.305 e. The lowest BCUT2D eigenvalue weighted by molar-refractivity contribution is -0.143. The van der Waals surface area contributed by atoms with Gasteiger partial charge in [0.25, 0.3) is 0 Å². The predicted octanol–water partition coefficient (Wildman–Crippen LogP) is 2.66. The third-order valence-electron chi connectivity index (χ3n) is 3.15. The number of ether oxygens (including phenoxy) is 2.